The van der Waals surface area contributed by atoms with E-state index in [1.807, 2.05) is 0 Å². The standard InChI is InChI=1S/C30H31ClFN7O8S/c1-5-44-26(42)30(16(2)40,12-17-6-8-18(9-7-17)24(41)43-4)45-13-19-21(47-28(48)38-11-10-34-14-38)29(3,32)25(46-19)39-15-35-20-22(33)36-27(31)37-23(20)39/h6-11,14-15,19,21,25H,5,12-13H2,1-4H3,(H2,33,36,37)/t19-,21-,25-,29-,30?/m1/s1. The van der Waals surface area contributed by atoms with Crippen molar-refractivity contribution in [3.8, 4) is 0 Å². The molecule has 1 aliphatic heterocycles. The number of benzene rings is 1. The van der Waals surface area contributed by atoms with Crippen molar-refractivity contribution in [2.45, 2.75) is 56.9 Å². The Hall–Kier alpha value is -4.58. The maximum absolute atomic E-state index is 17.1. The molecule has 2 N–H and O–H groups in total. The average molecular weight is 704 g/mol. The maximum Gasteiger partial charge on any atom is 0.346 e. The largest absolute Gasteiger partial charge is 0.465 e. The van der Waals surface area contributed by atoms with Crippen LogP contribution in [0.3, 0.4) is 0 Å². The van der Waals surface area contributed by atoms with E-state index in [1.165, 1.54) is 67.3 Å². The molecule has 0 radical (unpaired) electrons. The number of hydrogen-bond acceptors (Lipinski definition) is 14. The van der Waals surface area contributed by atoms with Gasteiger partial charge in [0.25, 0.3) is 5.17 Å². The number of carbonyl (C=O) groups is 3. The van der Waals surface area contributed by atoms with Gasteiger partial charge in [0.2, 0.25) is 10.9 Å². The van der Waals surface area contributed by atoms with Gasteiger partial charge >= 0.3 is 11.9 Å². The first-order valence-corrected chi connectivity index (χ1v) is 15.3. The summed E-state index contributed by atoms with van der Waals surface area (Å²) in [5.41, 5.74) is 2.36. The van der Waals surface area contributed by atoms with Crippen LogP contribution in [0.25, 0.3) is 11.2 Å². The molecule has 1 aliphatic rings. The van der Waals surface area contributed by atoms with E-state index in [0.29, 0.717) is 5.56 Å². The molecule has 4 heterocycles. The van der Waals surface area contributed by atoms with E-state index >= 15 is 4.39 Å². The predicted molar refractivity (Wildman–Crippen MR) is 171 cm³/mol. The van der Waals surface area contributed by atoms with Crippen molar-refractivity contribution in [1.29, 1.82) is 0 Å². The zero-order valence-corrected chi connectivity index (χ0v) is 27.7. The van der Waals surface area contributed by atoms with Gasteiger partial charge in [-0.1, -0.05) is 12.1 Å². The molecule has 15 nitrogen and oxygen atoms in total. The first kappa shape index (κ1) is 34.7. The molecule has 4 aromatic rings. The summed E-state index contributed by atoms with van der Waals surface area (Å²) in [6.45, 7) is 3.37. The minimum Gasteiger partial charge on any atom is -0.465 e. The Labute approximate surface area is 283 Å². The molecule has 0 spiro atoms. The lowest BCUT2D eigenvalue weighted by atomic mass is 9.89. The van der Waals surface area contributed by atoms with Gasteiger partial charge in [-0.05, 0) is 62.3 Å². The number of ketones is 1. The maximum atomic E-state index is 17.1. The summed E-state index contributed by atoms with van der Waals surface area (Å²) in [7, 11) is 1.25. The van der Waals surface area contributed by atoms with Crippen LogP contribution >= 0.6 is 23.8 Å². The fourth-order valence-corrected chi connectivity index (χ4v) is 5.72. The minimum absolute atomic E-state index is 0.0309. The molecule has 48 heavy (non-hydrogen) atoms. The van der Waals surface area contributed by atoms with Crippen LogP contribution < -0.4 is 5.73 Å². The van der Waals surface area contributed by atoms with Crippen molar-refractivity contribution in [2.75, 3.05) is 26.1 Å². The summed E-state index contributed by atoms with van der Waals surface area (Å²) < 4.78 is 48.1. The average Bonchev–Trinajstić information content (AvgIpc) is 3.78. The number of aromatic nitrogens is 6. The number of ether oxygens (including phenoxy) is 5. The number of Topliss-reactive ketones (excluding diaryl/α,β-unsaturated/α-hetero) is 1. The molecule has 0 amide bonds. The number of nitrogens with two attached hydrogens (primary N) is 1. The van der Waals surface area contributed by atoms with Crippen molar-refractivity contribution in [2.24, 2.45) is 0 Å². The molecule has 0 saturated carbocycles. The summed E-state index contributed by atoms with van der Waals surface area (Å²) in [6.07, 6.45) is 1.10. The van der Waals surface area contributed by atoms with Gasteiger partial charge in [-0.3, -0.25) is 13.9 Å². The van der Waals surface area contributed by atoms with E-state index in [2.05, 4.69) is 19.9 Å². The molecule has 1 saturated heterocycles. The van der Waals surface area contributed by atoms with Crippen LogP contribution in [0.5, 0.6) is 0 Å². The summed E-state index contributed by atoms with van der Waals surface area (Å²) in [5.74, 6) is -2.26. The highest BCUT2D eigenvalue weighted by atomic mass is 35.5. The molecule has 1 unspecified atom stereocenters. The number of nitrogens with zero attached hydrogens (tertiary/aromatic N) is 6. The van der Waals surface area contributed by atoms with Gasteiger partial charge in [0.1, 0.15) is 17.9 Å². The van der Waals surface area contributed by atoms with Gasteiger partial charge in [-0.2, -0.15) is 9.97 Å². The Morgan fingerprint density at radius 1 is 1.21 bits per heavy atom. The monoisotopic (exact) mass is 703 g/mol. The van der Waals surface area contributed by atoms with E-state index in [-0.39, 0.29) is 46.0 Å². The van der Waals surface area contributed by atoms with Gasteiger partial charge in [-0.25, -0.2) is 23.9 Å². The summed E-state index contributed by atoms with van der Waals surface area (Å²) in [4.78, 5) is 54.9. The second-order valence-corrected chi connectivity index (χ2v) is 11.6. The van der Waals surface area contributed by atoms with Crippen LogP contribution in [0.2, 0.25) is 5.28 Å². The van der Waals surface area contributed by atoms with Crippen molar-refractivity contribution in [3.63, 3.8) is 0 Å². The Kier molecular flexibility index (Phi) is 10.0. The third-order valence-electron chi connectivity index (χ3n) is 7.79. The third kappa shape index (κ3) is 6.58. The van der Waals surface area contributed by atoms with E-state index in [4.69, 9.17) is 53.2 Å². The number of methoxy groups -OCH3 is 1. The first-order valence-electron chi connectivity index (χ1n) is 14.5. The minimum atomic E-state index is -2.37. The highest BCUT2D eigenvalue weighted by Gasteiger charge is 2.59. The summed E-state index contributed by atoms with van der Waals surface area (Å²) in [5, 5.41) is -0.357. The Balaban J connectivity index is 1.51. The number of alkyl halides is 1. The Morgan fingerprint density at radius 2 is 1.94 bits per heavy atom. The fraction of sp³-hybridized carbons (Fsp3) is 0.400. The van der Waals surface area contributed by atoms with Crippen LogP contribution in [0.4, 0.5) is 10.2 Å². The van der Waals surface area contributed by atoms with Crippen molar-refractivity contribution in [1.82, 2.24) is 29.1 Å². The number of halogens is 2. The SMILES string of the molecule is CCOC(=O)C(Cc1ccc(C(=O)OC)cc1)(OC[C@H]1O[C@@H](n2cnc3c(N)nc(Cl)nc32)[C@](C)(F)[C@@H]1OC(=S)n1ccnc1)C(C)=O. The molecular formula is C30H31ClFN7O8S. The van der Waals surface area contributed by atoms with E-state index in [9.17, 15) is 14.4 Å². The fourth-order valence-electron chi connectivity index (χ4n) is 5.34. The number of carbonyl (C=O) groups excluding carboxylic acids is 3. The molecule has 254 valence electrons. The Bertz CT molecular complexity index is 1840. The lowest BCUT2D eigenvalue weighted by Gasteiger charge is -2.32. The molecule has 5 rings (SSSR count). The number of hydrogen-bond donors (Lipinski definition) is 1. The van der Waals surface area contributed by atoms with Crippen LogP contribution in [0, 0.1) is 0 Å². The zero-order valence-electron chi connectivity index (χ0n) is 26.2. The lowest BCUT2D eigenvalue weighted by molar-refractivity contribution is -0.182. The van der Waals surface area contributed by atoms with Crippen LogP contribution in [-0.2, 0) is 39.7 Å². The molecule has 1 fully saturated rings. The van der Waals surface area contributed by atoms with Crippen LogP contribution in [0.1, 0.15) is 42.9 Å². The summed E-state index contributed by atoms with van der Waals surface area (Å²) in [6, 6.07) is 6.06. The van der Waals surface area contributed by atoms with Crippen LogP contribution in [0.15, 0.2) is 49.3 Å². The van der Waals surface area contributed by atoms with Gasteiger partial charge in [0.15, 0.2) is 35.2 Å². The third-order valence-corrected chi connectivity index (χ3v) is 8.27. The molecule has 0 bridgehead atoms. The van der Waals surface area contributed by atoms with Gasteiger partial charge in [0.05, 0.1) is 32.2 Å². The molecule has 0 aliphatic carbocycles. The van der Waals surface area contributed by atoms with E-state index < -0.39 is 54.0 Å². The van der Waals surface area contributed by atoms with Gasteiger partial charge in [-0.15, -0.1) is 0 Å². The van der Waals surface area contributed by atoms with Crippen molar-refractivity contribution in [3.05, 3.63) is 65.7 Å². The topological polar surface area (TPSA) is 185 Å². The smallest absolute Gasteiger partial charge is 0.346 e. The normalized spacial score (nSPS) is 21.8. The quantitative estimate of drug-likeness (QED) is 0.104. The molecule has 18 heteroatoms. The summed E-state index contributed by atoms with van der Waals surface area (Å²) >= 11 is 11.5. The highest BCUT2D eigenvalue weighted by molar-refractivity contribution is 7.80. The molecular weight excluding hydrogens is 673 g/mol. The second-order valence-electron chi connectivity index (χ2n) is 10.9. The second kappa shape index (κ2) is 13.9. The number of imidazole rings is 2. The van der Waals surface area contributed by atoms with Crippen LogP contribution in [-0.4, -0.2) is 95.8 Å². The van der Waals surface area contributed by atoms with E-state index in [1.54, 1.807) is 19.1 Å². The molecule has 3 aromatic heterocycles. The molecule has 5 atom stereocenters. The zero-order chi connectivity index (χ0) is 34.8. The predicted octanol–water partition coefficient (Wildman–Crippen LogP) is 3.04. The highest BCUT2D eigenvalue weighted by Crippen LogP contribution is 2.45. The van der Waals surface area contributed by atoms with E-state index in [0.717, 1.165) is 0 Å². The number of rotatable bonds is 11. The lowest BCUT2D eigenvalue weighted by Crippen LogP contribution is -2.53. The van der Waals surface area contributed by atoms with Crippen molar-refractivity contribution >= 4 is 63.7 Å². The Morgan fingerprint density at radius 3 is 2.56 bits per heavy atom. The van der Waals surface area contributed by atoms with Gasteiger partial charge < -0.3 is 29.4 Å². The van der Waals surface area contributed by atoms with Gasteiger partial charge in [0, 0.05) is 18.8 Å². The van der Waals surface area contributed by atoms with Crippen molar-refractivity contribution < 1.29 is 42.5 Å². The number of fused-ring (bicyclic) bond motifs is 1. The number of nitrogen functional groups attached to an aromatic ring is 1. The number of thiocarbonyl (C=S) groups is 1. The molecule has 1 aromatic carbocycles. The first-order chi connectivity index (χ1) is 22.8. The number of anilines is 1. The number of esters is 2.